The molecule has 2 N–H and O–H groups in total. The van der Waals surface area contributed by atoms with Crippen molar-refractivity contribution in [3.63, 3.8) is 0 Å². The average molecular weight is 564 g/mol. The first kappa shape index (κ1) is 27.7. The molecule has 0 bridgehead atoms. The minimum atomic E-state index is -0.447. The van der Waals surface area contributed by atoms with Crippen molar-refractivity contribution in [2.24, 2.45) is 7.05 Å². The van der Waals surface area contributed by atoms with Gasteiger partial charge in [0, 0.05) is 28.9 Å². The molecule has 5 aromatic rings. The van der Waals surface area contributed by atoms with Crippen LogP contribution in [0, 0.1) is 5.82 Å². The molecule has 9 heteroatoms. The second-order valence-corrected chi connectivity index (χ2v) is 9.93. The Balaban J connectivity index is 1.51. The van der Waals surface area contributed by atoms with Crippen molar-refractivity contribution in [1.29, 1.82) is 0 Å². The number of aromatic amines is 1. The molecule has 0 amide bonds. The first-order chi connectivity index (χ1) is 19.4. The predicted octanol–water partition coefficient (Wildman–Crippen LogP) is 6.76. The number of aromatic nitrogens is 3. The quantitative estimate of drug-likeness (QED) is 0.145. The highest BCUT2D eigenvalue weighted by atomic mass is 35.5. The number of hydrogen-bond acceptors (Lipinski definition) is 5. The van der Waals surface area contributed by atoms with Crippen LogP contribution in [0.4, 0.5) is 4.39 Å². The summed E-state index contributed by atoms with van der Waals surface area (Å²) in [5, 5.41) is 17.7. The fourth-order valence-corrected chi connectivity index (χ4v) is 5.55. The number of carbonyl (C=O) groups excluding carboxylic acids is 1. The predicted molar refractivity (Wildman–Crippen MR) is 154 cm³/mol. The number of aliphatic hydroxyl groups is 1. The molecule has 3 aromatic carbocycles. The van der Waals surface area contributed by atoms with E-state index in [1.54, 1.807) is 24.7 Å². The maximum atomic E-state index is 13.7. The van der Waals surface area contributed by atoms with Gasteiger partial charge in [0.15, 0.2) is 0 Å². The molecular weight excluding hydrogens is 533 g/mol. The number of esters is 1. The van der Waals surface area contributed by atoms with Crippen LogP contribution in [-0.4, -0.2) is 39.1 Å². The number of rotatable bonds is 10. The number of carbonyl (C=O) groups is 1. The summed E-state index contributed by atoms with van der Waals surface area (Å²) < 4.78 is 26.8. The number of halogens is 2. The normalized spacial score (nSPS) is 11.4. The molecule has 2 aromatic heterocycles. The Morgan fingerprint density at radius 2 is 1.93 bits per heavy atom. The van der Waals surface area contributed by atoms with Crippen molar-refractivity contribution in [3.05, 3.63) is 82.0 Å². The number of benzene rings is 3. The van der Waals surface area contributed by atoms with Crippen molar-refractivity contribution in [1.82, 2.24) is 14.8 Å². The van der Waals surface area contributed by atoms with E-state index >= 15 is 0 Å². The summed E-state index contributed by atoms with van der Waals surface area (Å²) >= 11 is 6.76. The first-order valence-electron chi connectivity index (χ1n) is 13.3. The maximum Gasteiger partial charge on any atom is 0.355 e. The monoisotopic (exact) mass is 563 g/mol. The van der Waals surface area contributed by atoms with E-state index in [-0.39, 0.29) is 19.0 Å². The average Bonchev–Trinajstić information content (AvgIpc) is 3.47. The zero-order chi connectivity index (χ0) is 28.4. The Hall–Kier alpha value is -3.88. The highest BCUT2D eigenvalue weighted by Crippen LogP contribution is 2.41. The lowest BCUT2D eigenvalue weighted by Crippen LogP contribution is -2.09. The molecule has 0 atom stereocenters. The van der Waals surface area contributed by atoms with Crippen molar-refractivity contribution in [2.45, 2.75) is 39.7 Å². The number of nitrogens with one attached hydrogen (secondary N) is 1. The summed E-state index contributed by atoms with van der Waals surface area (Å²) in [5.41, 5.74) is 4.78. The molecule has 0 unspecified atom stereocenters. The van der Waals surface area contributed by atoms with Crippen molar-refractivity contribution < 1.29 is 23.8 Å². The van der Waals surface area contributed by atoms with E-state index in [2.05, 4.69) is 10.1 Å². The molecule has 40 heavy (non-hydrogen) atoms. The molecule has 7 nitrogen and oxygen atoms in total. The molecule has 0 aliphatic rings. The lowest BCUT2D eigenvalue weighted by atomic mass is 9.97. The van der Waals surface area contributed by atoms with E-state index < -0.39 is 5.97 Å². The number of ether oxygens (including phenoxy) is 2. The van der Waals surface area contributed by atoms with Gasteiger partial charge < -0.3 is 19.6 Å². The lowest BCUT2D eigenvalue weighted by molar-refractivity contribution is 0.0519. The van der Waals surface area contributed by atoms with E-state index in [0.29, 0.717) is 59.1 Å². The number of aryl methyl sites for hydroxylation is 3. The first-order valence-corrected chi connectivity index (χ1v) is 13.7. The molecule has 0 saturated carbocycles. The largest absolute Gasteiger partial charge is 0.493 e. The fraction of sp³-hybridized carbons (Fsp3) is 0.290. The maximum absolute atomic E-state index is 13.7. The summed E-state index contributed by atoms with van der Waals surface area (Å²) in [5.74, 6) is -0.0632. The van der Waals surface area contributed by atoms with Gasteiger partial charge in [-0.2, -0.15) is 5.10 Å². The Bertz CT molecular complexity index is 1710. The smallest absolute Gasteiger partial charge is 0.355 e. The van der Waals surface area contributed by atoms with Crippen LogP contribution in [-0.2, 0) is 31.2 Å². The van der Waals surface area contributed by atoms with E-state index in [4.69, 9.17) is 21.1 Å². The van der Waals surface area contributed by atoms with Gasteiger partial charge in [-0.3, -0.25) is 4.68 Å². The Labute approximate surface area is 236 Å². The third-order valence-electron chi connectivity index (χ3n) is 7.12. The molecule has 0 spiro atoms. The van der Waals surface area contributed by atoms with Gasteiger partial charge in [-0.15, -0.1) is 0 Å². The molecule has 0 aliphatic heterocycles. The van der Waals surface area contributed by atoms with Gasteiger partial charge in [0.05, 0.1) is 41.7 Å². The van der Waals surface area contributed by atoms with Crippen molar-refractivity contribution >= 4 is 39.2 Å². The Morgan fingerprint density at radius 3 is 2.67 bits per heavy atom. The van der Waals surface area contributed by atoms with Gasteiger partial charge in [-0.1, -0.05) is 36.7 Å². The standard InChI is InChI=1S/C31H31ClFN3O4/c1-4-24-28(25(17-37)36(3)35-24)27-23(32)14-13-22-21(30(34-29(22)27)31(38)39-5-2)9-7-15-40-26-10-6-8-18-16-19(33)11-12-20(18)26/h6,8,10-14,16,34,37H,4-5,7,9,15,17H2,1-3H3. The van der Waals surface area contributed by atoms with Crippen LogP contribution in [0.15, 0.2) is 48.5 Å². The molecule has 0 radical (unpaired) electrons. The van der Waals surface area contributed by atoms with Crippen molar-refractivity contribution in [3.8, 4) is 16.9 Å². The second-order valence-electron chi connectivity index (χ2n) is 9.52. The van der Waals surface area contributed by atoms with Crippen LogP contribution in [0.1, 0.15) is 47.7 Å². The van der Waals surface area contributed by atoms with Crippen LogP contribution >= 0.6 is 11.6 Å². The topological polar surface area (TPSA) is 89.4 Å². The zero-order valence-corrected chi connectivity index (χ0v) is 23.4. The van der Waals surface area contributed by atoms with Gasteiger partial charge in [0.2, 0.25) is 0 Å². The summed E-state index contributed by atoms with van der Waals surface area (Å²) in [6.45, 7) is 4.19. The number of H-pyrrole nitrogens is 1. The van der Waals surface area contributed by atoms with Crippen molar-refractivity contribution in [2.75, 3.05) is 13.2 Å². The van der Waals surface area contributed by atoms with Gasteiger partial charge in [-0.25, -0.2) is 9.18 Å². The summed E-state index contributed by atoms with van der Waals surface area (Å²) in [6, 6.07) is 13.9. The highest BCUT2D eigenvalue weighted by molar-refractivity contribution is 6.35. The Morgan fingerprint density at radius 1 is 1.12 bits per heavy atom. The minimum Gasteiger partial charge on any atom is -0.493 e. The molecule has 0 fully saturated rings. The van der Waals surface area contributed by atoms with E-state index in [1.165, 1.54) is 12.1 Å². The third kappa shape index (κ3) is 5.05. The summed E-state index contributed by atoms with van der Waals surface area (Å²) in [4.78, 5) is 16.3. The molecule has 0 aliphatic carbocycles. The zero-order valence-electron chi connectivity index (χ0n) is 22.7. The van der Waals surface area contributed by atoms with Crippen LogP contribution in [0.3, 0.4) is 0 Å². The van der Waals surface area contributed by atoms with Gasteiger partial charge >= 0.3 is 5.97 Å². The highest BCUT2D eigenvalue weighted by Gasteiger charge is 2.26. The van der Waals surface area contributed by atoms with Crippen LogP contribution < -0.4 is 4.74 Å². The summed E-state index contributed by atoms with van der Waals surface area (Å²) in [6.07, 6.45) is 1.80. The van der Waals surface area contributed by atoms with Crippen LogP contribution in [0.2, 0.25) is 5.02 Å². The van der Waals surface area contributed by atoms with E-state index in [0.717, 1.165) is 33.0 Å². The van der Waals surface area contributed by atoms with Gasteiger partial charge in [0.1, 0.15) is 17.3 Å². The number of fused-ring (bicyclic) bond motifs is 2. The fourth-order valence-electron chi connectivity index (χ4n) is 5.29. The van der Waals surface area contributed by atoms with Crippen LogP contribution in [0.25, 0.3) is 32.8 Å². The SMILES string of the molecule is CCOC(=O)c1[nH]c2c(-c3c(CC)nn(C)c3CO)c(Cl)ccc2c1CCCOc1cccc2cc(F)ccc12. The minimum absolute atomic E-state index is 0.206. The molecular formula is C31H31ClFN3O4. The molecule has 208 valence electrons. The summed E-state index contributed by atoms with van der Waals surface area (Å²) in [7, 11) is 1.79. The molecule has 0 saturated heterocycles. The number of nitrogens with zero attached hydrogens (tertiary/aromatic N) is 2. The van der Waals surface area contributed by atoms with Crippen LogP contribution in [0.5, 0.6) is 5.75 Å². The van der Waals surface area contributed by atoms with E-state index in [9.17, 15) is 14.3 Å². The van der Waals surface area contributed by atoms with E-state index in [1.807, 2.05) is 37.3 Å². The Kier molecular flexibility index (Phi) is 8.09. The second kappa shape index (κ2) is 11.7. The lowest BCUT2D eigenvalue weighted by Gasteiger charge is -2.11. The van der Waals surface area contributed by atoms with Gasteiger partial charge in [-0.05, 0) is 67.5 Å². The number of aliphatic hydroxyl groups excluding tert-OH is 1. The number of hydrogen-bond donors (Lipinski definition) is 2. The third-order valence-corrected chi connectivity index (χ3v) is 7.43. The molecule has 5 rings (SSSR count). The molecule has 2 heterocycles. The van der Waals surface area contributed by atoms with Gasteiger partial charge in [0.25, 0.3) is 0 Å².